The molecule has 0 atom stereocenters. The van der Waals surface area contributed by atoms with Gasteiger partial charge in [-0.25, -0.2) is 0 Å². The molecule has 1 amide bonds. The van der Waals surface area contributed by atoms with Crippen LogP contribution in [0.4, 0.5) is 0 Å². The minimum atomic E-state index is -0.416. The number of carbonyl (C=O) groups is 1. The summed E-state index contributed by atoms with van der Waals surface area (Å²) in [5.74, 6) is 0.365. The average molecular weight is 293 g/mol. The van der Waals surface area contributed by atoms with Crippen LogP contribution in [0.2, 0.25) is 0 Å². The number of unbranched alkanes of at least 4 members (excludes halogenated alkanes) is 7. The third-order valence-electron chi connectivity index (χ3n) is 3.46. The Hall–Kier alpha value is -1.55. The van der Waals surface area contributed by atoms with E-state index >= 15 is 0 Å². The molecule has 0 spiro atoms. The minimum Gasteiger partial charge on any atom is -0.494 e. The lowest BCUT2D eigenvalue weighted by atomic mass is 10.1. The Morgan fingerprint density at radius 1 is 0.905 bits per heavy atom. The fourth-order valence-corrected chi connectivity index (χ4v) is 2.18. The lowest BCUT2D eigenvalue weighted by Crippen LogP contribution is -2.10. The molecule has 118 valence electrons. The number of carbonyl (C=O) groups excluding carboxylic acids is 1. The molecule has 0 fully saturated rings. The highest BCUT2D eigenvalue weighted by atomic mass is 16.5. The normalized spacial score (nSPS) is 10.5. The van der Waals surface area contributed by atoms with Crippen LogP contribution in [-0.2, 0) is 0 Å². The molecule has 0 unspecified atom stereocenters. The van der Waals surface area contributed by atoms with Gasteiger partial charge in [-0.05, 0) is 37.1 Å². The third kappa shape index (κ3) is 8.35. The Labute approximate surface area is 127 Å². The summed E-state index contributed by atoms with van der Waals surface area (Å²) >= 11 is 0. The minimum absolute atomic E-state index is 0.317. The fourth-order valence-electron chi connectivity index (χ4n) is 2.18. The molecular formula is C17H27NO3. The number of aliphatic hydroxyl groups is 1. The van der Waals surface area contributed by atoms with Crippen LogP contribution in [0.1, 0.15) is 61.7 Å². The molecule has 0 saturated carbocycles. The van der Waals surface area contributed by atoms with Crippen LogP contribution in [0.15, 0.2) is 24.3 Å². The van der Waals surface area contributed by atoms with Crippen molar-refractivity contribution in [3.05, 3.63) is 29.8 Å². The van der Waals surface area contributed by atoms with Crippen molar-refractivity contribution in [1.82, 2.24) is 0 Å². The number of primary amides is 1. The van der Waals surface area contributed by atoms with Gasteiger partial charge in [0.25, 0.3) is 0 Å². The molecule has 0 aliphatic carbocycles. The van der Waals surface area contributed by atoms with Gasteiger partial charge in [0.2, 0.25) is 5.91 Å². The molecular weight excluding hydrogens is 266 g/mol. The van der Waals surface area contributed by atoms with E-state index in [0.29, 0.717) is 18.8 Å². The highest BCUT2D eigenvalue weighted by molar-refractivity contribution is 5.92. The number of amides is 1. The number of hydrogen-bond acceptors (Lipinski definition) is 3. The van der Waals surface area contributed by atoms with E-state index in [1.807, 2.05) is 0 Å². The maximum Gasteiger partial charge on any atom is 0.248 e. The van der Waals surface area contributed by atoms with Crippen molar-refractivity contribution in [3.63, 3.8) is 0 Å². The standard InChI is InChI=1S/C17H27NO3/c18-17(20)15-9-11-16(12-10-15)21-14-8-6-4-2-1-3-5-7-13-19/h9-12,19H,1-8,13-14H2,(H2,18,20). The Morgan fingerprint density at radius 3 is 1.95 bits per heavy atom. The van der Waals surface area contributed by atoms with Crippen molar-refractivity contribution < 1.29 is 14.6 Å². The molecule has 1 aromatic rings. The first-order valence-electron chi connectivity index (χ1n) is 7.87. The van der Waals surface area contributed by atoms with E-state index in [4.69, 9.17) is 15.6 Å². The number of nitrogens with two attached hydrogens (primary N) is 1. The molecule has 21 heavy (non-hydrogen) atoms. The Kier molecular flexibility index (Phi) is 9.29. The summed E-state index contributed by atoms with van der Waals surface area (Å²) in [4.78, 5) is 10.9. The van der Waals surface area contributed by atoms with Gasteiger partial charge in [-0.15, -0.1) is 0 Å². The van der Waals surface area contributed by atoms with Crippen LogP contribution < -0.4 is 10.5 Å². The molecule has 0 heterocycles. The summed E-state index contributed by atoms with van der Waals surface area (Å²) < 4.78 is 5.62. The maximum atomic E-state index is 10.9. The highest BCUT2D eigenvalue weighted by Gasteiger charge is 2.00. The number of rotatable bonds is 12. The lowest BCUT2D eigenvalue weighted by molar-refractivity contribution is 0.1000. The Bertz CT molecular complexity index is 390. The third-order valence-corrected chi connectivity index (χ3v) is 3.46. The van der Waals surface area contributed by atoms with E-state index < -0.39 is 5.91 Å². The second kappa shape index (κ2) is 11.1. The SMILES string of the molecule is NC(=O)c1ccc(OCCCCCCCCCCO)cc1. The number of ether oxygens (including phenoxy) is 1. The molecule has 0 radical (unpaired) electrons. The summed E-state index contributed by atoms with van der Waals surface area (Å²) in [5, 5.41) is 8.67. The number of hydrogen-bond donors (Lipinski definition) is 2. The van der Waals surface area contributed by atoms with Gasteiger partial charge in [-0.3, -0.25) is 4.79 Å². The zero-order valence-corrected chi connectivity index (χ0v) is 12.7. The molecule has 0 aliphatic rings. The van der Waals surface area contributed by atoms with Crippen molar-refractivity contribution in [2.75, 3.05) is 13.2 Å². The topological polar surface area (TPSA) is 72.6 Å². The van der Waals surface area contributed by atoms with Gasteiger partial charge in [0.1, 0.15) is 5.75 Å². The van der Waals surface area contributed by atoms with Gasteiger partial charge in [0, 0.05) is 12.2 Å². The summed E-state index contributed by atoms with van der Waals surface area (Å²) in [7, 11) is 0. The molecule has 4 nitrogen and oxygen atoms in total. The molecule has 4 heteroatoms. The van der Waals surface area contributed by atoms with Crippen molar-refractivity contribution >= 4 is 5.91 Å². The zero-order valence-electron chi connectivity index (χ0n) is 12.7. The van der Waals surface area contributed by atoms with Gasteiger partial charge in [-0.1, -0.05) is 38.5 Å². The van der Waals surface area contributed by atoms with Gasteiger partial charge < -0.3 is 15.6 Å². The van der Waals surface area contributed by atoms with Crippen LogP contribution in [0, 0.1) is 0 Å². The predicted molar refractivity (Wildman–Crippen MR) is 84.5 cm³/mol. The van der Waals surface area contributed by atoms with Crippen molar-refractivity contribution in [3.8, 4) is 5.75 Å². The molecule has 0 saturated heterocycles. The molecule has 0 bridgehead atoms. The first kappa shape index (κ1) is 17.5. The molecule has 0 aliphatic heterocycles. The fraction of sp³-hybridized carbons (Fsp3) is 0.588. The molecule has 1 aromatic carbocycles. The van der Waals surface area contributed by atoms with Gasteiger partial charge in [-0.2, -0.15) is 0 Å². The average Bonchev–Trinajstić information content (AvgIpc) is 2.49. The summed E-state index contributed by atoms with van der Waals surface area (Å²) in [6.07, 6.45) is 9.29. The van der Waals surface area contributed by atoms with Crippen LogP contribution in [-0.4, -0.2) is 24.2 Å². The van der Waals surface area contributed by atoms with Gasteiger partial charge in [0.05, 0.1) is 6.61 Å². The first-order chi connectivity index (χ1) is 10.2. The number of aliphatic hydroxyl groups excluding tert-OH is 1. The van der Waals surface area contributed by atoms with Crippen LogP contribution in [0.25, 0.3) is 0 Å². The summed E-state index contributed by atoms with van der Waals surface area (Å²) in [6, 6.07) is 6.93. The quantitative estimate of drug-likeness (QED) is 0.581. The van der Waals surface area contributed by atoms with E-state index in [-0.39, 0.29) is 0 Å². The maximum absolute atomic E-state index is 10.9. The van der Waals surface area contributed by atoms with Crippen LogP contribution in [0.3, 0.4) is 0 Å². The van der Waals surface area contributed by atoms with Crippen molar-refractivity contribution in [2.45, 2.75) is 51.4 Å². The van der Waals surface area contributed by atoms with Gasteiger partial charge in [0.15, 0.2) is 0 Å². The van der Waals surface area contributed by atoms with E-state index in [0.717, 1.165) is 25.0 Å². The Morgan fingerprint density at radius 2 is 1.43 bits per heavy atom. The highest BCUT2D eigenvalue weighted by Crippen LogP contribution is 2.13. The van der Waals surface area contributed by atoms with E-state index in [1.165, 1.54) is 32.1 Å². The zero-order chi connectivity index (χ0) is 15.3. The monoisotopic (exact) mass is 293 g/mol. The largest absolute Gasteiger partial charge is 0.494 e. The molecule has 3 N–H and O–H groups in total. The van der Waals surface area contributed by atoms with Crippen LogP contribution >= 0.6 is 0 Å². The van der Waals surface area contributed by atoms with E-state index in [9.17, 15) is 4.79 Å². The Balaban J connectivity index is 1.98. The predicted octanol–water partition coefficient (Wildman–Crippen LogP) is 3.28. The summed E-state index contributed by atoms with van der Waals surface area (Å²) in [6.45, 7) is 1.03. The van der Waals surface area contributed by atoms with Crippen LogP contribution in [0.5, 0.6) is 5.75 Å². The van der Waals surface area contributed by atoms with Crippen molar-refractivity contribution in [1.29, 1.82) is 0 Å². The summed E-state index contributed by atoms with van der Waals surface area (Å²) in [5.41, 5.74) is 5.68. The second-order valence-electron chi connectivity index (χ2n) is 5.29. The second-order valence-corrected chi connectivity index (χ2v) is 5.29. The number of benzene rings is 1. The van der Waals surface area contributed by atoms with E-state index in [2.05, 4.69) is 0 Å². The first-order valence-corrected chi connectivity index (χ1v) is 7.87. The van der Waals surface area contributed by atoms with Crippen molar-refractivity contribution in [2.24, 2.45) is 5.73 Å². The smallest absolute Gasteiger partial charge is 0.248 e. The molecule has 0 aromatic heterocycles. The van der Waals surface area contributed by atoms with Gasteiger partial charge >= 0.3 is 0 Å². The lowest BCUT2D eigenvalue weighted by Gasteiger charge is -2.06. The molecule has 1 rings (SSSR count). The van der Waals surface area contributed by atoms with E-state index in [1.54, 1.807) is 24.3 Å².